The first-order chi connectivity index (χ1) is 24.9. The van der Waals surface area contributed by atoms with Crippen LogP contribution < -0.4 is 5.32 Å². The van der Waals surface area contributed by atoms with Crippen molar-refractivity contribution in [3.8, 4) is 0 Å². The molecule has 3 unspecified atom stereocenters. The Balaban J connectivity index is 2.47. The van der Waals surface area contributed by atoms with Crippen LogP contribution in [0.4, 0.5) is 9.59 Å². The first kappa shape index (κ1) is 43.2. The van der Waals surface area contributed by atoms with Crippen molar-refractivity contribution in [3.05, 3.63) is 80.4 Å². The molecule has 1 saturated carbocycles. The van der Waals surface area contributed by atoms with E-state index in [1.807, 2.05) is 49.4 Å². The van der Waals surface area contributed by atoms with Gasteiger partial charge in [0, 0.05) is 13.0 Å². The van der Waals surface area contributed by atoms with E-state index in [0.29, 0.717) is 45.1 Å². The maximum atomic E-state index is 11.9. The summed E-state index contributed by atoms with van der Waals surface area (Å²) in [4.78, 5) is 67.5. The number of allylic oxidation sites excluding steroid dienone is 3. The quantitative estimate of drug-likeness (QED) is 0.0290. The van der Waals surface area contributed by atoms with Crippen LogP contribution >= 0.6 is 0 Å². The molecule has 0 aliphatic heterocycles. The average Bonchev–Trinajstić information content (AvgIpc) is 3.45. The molecule has 1 amide bonds. The van der Waals surface area contributed by atoms with Crippen molar-refractivity contribution in [2.45, 2.75) is 95.9 Å². The second-order valence-corrected chi connectivity index (χ2v) is 12.6. The van der Waals surface area contributed by atoms with Gasteiger partial charge in [-0.15, -0.1) is 20.2 Å². The van der Waals surface area contributed by atoms with Gasteiger partial charge >= 0.3 is 12.3 Å². The molecule has 4 N–H and O–H groups in total. The Kier molecular flexibility index (Phi) is 20.2. The van der Waals surface area contributed by atoms with Gasteiger partial charge in [0.2, 0.25) is 5.91 Å². The van der Waals surface area contributed by atoms with Crippen LogP contribution in [0.2, 0.25) is 0 Å². The molecule has 0 saturated heterocycles. The minimum absolute atomic E-state index is 0.0299. The molecule has 0 heterocycles. The predicted molar refractivity (Wildman–Crippen MR) is 185 cm³/mol. The number of ether oxygens (including phenoxy) is 2. The summed E-state index contributed by atoms with van der Waals surface area (Å²) in [5.74, 6) is -2.20. The molecule has 290 valence electrons. The van der Waals surface area contributed by atoms with Gasteiger partial charge in [0.15, 0.2) is 0 Å². The Morgan fingerprint density at radius 2 is 1.50 bits per heavy atom. The number of aliphatic hydroxyl groups excluding tert-OH is 1. The number of nitrogens with zero attached hydrogens (tertiary/aromatic N) is 2. The lowest BCUT2D eigenvalue weighted by molar-refractivity contribution is -0.772. The molecular weight excluding hydrogens is 686 g/mol. The van der Waals surface area contributed by atoms with Crippen molar-refractivity contribution < 1.29 is 59.0 Å². The Hall–Kier alpha value is -4.93. The van der Waals surface area contributed by atoms with E-state index >= 15 is 0 Å². The van der Waals surface area contributed by atoms with Gasteiger partial charge in [0.05, 0.1) is 19.3 Å². The monoisotopic (exact) mass is 737 g/mol. The summed E-state index contributed by atoms with van der Waals surface area (Å²) in [6, 6.07) is 9.56. The molecule has 17 nitrogen and oxygen atoms in total. The minimum atomic E-state index is -1.50. The van der Waals surface area contributed by atoms with E-state index in [2.05, 4.69) is 14.8 Å². The van der Waals surface area contributed by atoms with Crippen molar-refractivity contribution >= 4 is 18.2 Å². The molecule has 2 rings (SSSR count). The Bertz CT molecular complexity index is 1310. The SMILES string of the molecule is CCNC(=O)CCCC=CC[C@H]1C(C(CCCOC(=O)O)O[N+](=O)[O-])C[C@@H](C(CCCOC(=O)O)O[N+](=O)[O-])[C@@H]1C=C[C@@H](O)CCc1ccccc1. The van der Waals surface area contributed by atoms with Crippen molar-refractivity contribution in [1.29, 1.82) is 0 Å². The molecule has 1 aromatic rings. The number of hydrogen-bond donors (Lipinski definition) is 4. The van der Waals surface area contributed by atoms with Gasteiger partial charge in [-0.1, -0.05) is 54.6 Å². The van der Waals surface area contributed by atoms with Crippen LogP contribution in [0.15, 0.2) is 54.6 Å². The molecule has 17 heteroatoms. The number of amides is 1. The molecule has 1 fully saturated rings. The highest BCUT2D eigenvalue weighted by Crippen LogP contribution is 2.50. The van der Waals surface area contributed by atoms with Crippen molar-refractivity contribution in [2.75, 3.05) is 19.8 Å². The van der Waals surface area contributed by atoms with Gasteiger partial charge in [-0.05, 0) is 100 Å². The van der Waals surface area contributed by atoms with Gasteiger partial charge in [-0.3, -0.25) is 4.79 Å². The predicted octanol–water partition coefficient (Wildman–Crippen LogP) is 5.76. The normalized spacial score (nSPS) is 20.2. The second-order valence-electron chi connectivity index (χ2n) is 12.6. The van der Waals surface area contributed by atoms with Crippen LogP contribution in [0.3, 0.4) is 0 Å². The highest BCUT2D eigenvalue weighted by molar-refractivity contribution is 5.75. The first-order valence-electron chi connectivity index (χ1n) is 17.6. The fourth-order valence-corrected chi connectivity index (χ4v) is 6.84. The number of hydrogen-bond acceptors (Lipinski definition) is 12. The van der Waals surface area contributed by atoms with Gasteiger partial charge in [0.25, 0.3) is 10.2 Å². The van der Waals surface area contributed by atoms with E-state index in [0.717, 1.165) is 5.56 Å². The minimum Gasteiger partial charge on any atom is -0.450 e. The number of carbonyl (C=O) groups excluding carboxylic acids is 1. The Labute approximate surface area is 302 Å². The molecular formula is C35H51N3O14. The number of rotatable bonds is 26. The number of benzene rings is 1. The molecule has 1 aliphatic carbocycles. The Morgan fingerprint density at radius 3 is 2.06 bits per heavy atom. The van der Waals surface area contributed by atoms with Crippen molar-refractivity contribution in [3.63, 3.8) is 0 Å². The van der Waals surface area contributed by atoms with Crippen LogP contribution in [0.25, 0.3) is 0 Å². The summed E-state index contributed by atoms with van der Waals surface area (Å²) < 4.78 is 9.20. The summed E-state index contributed by atoms with van der Waals surface area (Å²) in [6.45, 7) is 1.89. The third kappa shape index (κ3) is 17.3. The zero-order valence-electron chi connectivity index (χ0n) is 29.4. The number of aryl methyl sites for hydroxylation is 1. The number of unbranched alkanes of at least 4 members (excludes halogenated alkanes) is 1. The lowest BCUT2D eigenvalue weighted by Gasteiger charge is -2.29. The third-order valence-corrected chi connectivity index (χ3v) is 9.05. The largest absolute Gasteiger partial charge is 0.505 e. The lowest BCUT2D eigenvalue weighted by Crippen LogP contribution is -2.31. The molecule has 52 heavy (non-hydrogen) atoms. The van der Waals surface area contributed by atoms with Crippen molar-refractivity contribution in [2.24, 2.45) is 23.7 Å². The summed E-state index contributed by atoms with van der Waals surface area (Å²) in [6.07, 6.45) is 4.46. The van der Waals surface area contributed by atoms with E-state index in [4.69, 9.17) is 19.9 Å². The molecule has 0 spiro atoms. The van der Waals surface area contributed by atoms with Crippen LogP contribution in [-0.4, -0.2) is 81.8 Å². The zero-order valence-corrected chi connectivity index (χ0v) is 29.4. The smallest absolute Gasteiger partial charge is 0.450 e. The maximum Gasteiger partial charge on any atom is 0.505 e. The third-order valence-electron chi connectivity index (χ3n) is 9.05. The summed E-state index contributed by atoms with van der Waals surface area (Å²) in [5.41, 5.74) is 1.03. The molecule has 0 aromatic heterocycles. The maximum absolute atomic E-state index is 11.9. The molecule has 7 atom stereocenters. The summed E-state index contributed by atoms with van der Waals surface area (Å²) >= 11 is 0. The van der Waals surface area contributed by atoms with Gasteiger partial charge in [-0.25, -0.2) is 9.59 Å². The summed E-state index contributed by atoms with van der Waals surface area (Å²) in [5, 5.41) is 53.1. The number of carboxylic acid groups (broad SMARTS) is 2. The van der Waals surface area contributed by atoms with E-state index in [9.17, 15) is 39.7 Å². The fourth-order valence-electron chi connectivity index (χ4n) is 6.84. The standard InChI is InChI=1S/C35H51N3O14/c1-2-36-33(40)17-9-4-3-8-14-27-28(21-20-26(39)19-18-25-12-6-5-7-13-25)30(32(52-38(47)48)16-11-23-50-35(43)44)24-29(27)31(51-37(45)46)15-10-22-49-34(41)42/h3,5-8,12-13,20-21,26-32,39H,2,4,9-11,14-19,22-24H2,1H3,(H,36,40)(H,41,42)(H,43,44)/t26-,27+,28+,29?,30+,31?,32?/m0/s1. The zero-order chi connectivity index (χ0) is 38.3. The van der Waals surface area contributed by atoms with Crippen LogP contribution in [0.5, 0.6) is 0 Å². The number of carbonyl (C=O) groups is 3. The van der Waals surface area contributed by atoms with Crippen molar-refractivity contribution in [1.82, 2.24) is 5.32 Å². The molecule has 1 aromatic carbocycles. The van der Waals surface area contributed by atoms with Crippen LogP contribution in [0.1, 0.15) is 76.7 Å². The van der Waals surface area contributed by atoms with Gasteiger partial charge < -0.3 is 39.8 Å². The Morgan fingerprint density at radius 1 is 0.904 bits per heavy atom. The molecule has 1 aliphatic rings. The number of aliphatic hydroxyl groups is 1. The lowest BCUT2D eigenvalue weighted by atomic mass is 9.79. The fraction of sp³-hybridized carbons (Fsp3) is 0.629. The second kappa shape index (κ2) is 24.3. The topological polar surface area (TPSA) is 247 Å². The first-order valence-corrected chi connectivity index (χ1v) is 17.6. The molecule has 0 radical (unpaired) electrons. The van der Waals surface area contributed by atoms with Gasteiger partial charge in [0.1, 0.15) is 12.2 Å². The van der Waals surface area contributed by atoms with Crippen LogP contribution in [-0.2, 0) is 30.4 Å². The highest BCUT2D eigenvalue weighted by Gasteiger charge is 2.49. The summed E-state index contributed by atoms with van der Waals surface area (Å²) in [7, 11) is 0. The van der Waals surface area contributed by atoms with Gasteiger partial charge in [-0.2, -0.15) is 0 Å². The van der Waals surface area contributed by atoms with E-state index < -0.39 is 64.5 Å². The molecule has 0 bridgehead atoms. The highest BCUT2D eigenvalue weighted by atomic mass is 17.0. The van der Waals surface area contributed by atoms with E-state index in [1.165, 1.54) is 0 Å². The van der Waals surface area contributed by atoms with Crippen LogP contribution in [0, 0.1) is 43.9 Å². The van der Waals surface area contributed by atoms with E-state index in [-0.39, 0.29) is 51.2 Å². The number of nitrogens with one attached hydrogen (secondary N) is 1. The average molecular weight is 738 g/mol. The van der Waals surface area contributed by atoms with E-state index in [1.54, 1.807) is 12.2 Å².